The first-order chi connectivity index (χ1) is 12.5. The molecule has 1 aliphatic rings. The third-order valence-corrected chi connectivity index (χ3v) is 4.92. The first kappa shape index (κ1) is 18.1. The number of aryl methyl sites for hydroxylation is 1. The molecule has 1 aliphatic heterocycles. The Bertz CT molecular complexity index is 758. The van der Waals surface area contributed by atoms with Crippen LogP contribution < -0.4 is 5.32 Å². The Labute approximate surface area is 153 Å². The minimum Gasteiger partial charge on any atom is -0.344 e. The SMILES string of the molecule is Cc1[nH]ncc1CNC(=O)C(=O)N1CCC(N(C)Cc2ccccc2)C1. The van der Waals surface area contributed by atoms with Crippen LogP contribution in [0.3, 0.4) is 0 Å². The van der Waals surface area contributed by atoms with Crippen molar-refractivity contribution in [2.45, 2.75) is 32.5 Å². The van der Waals surface area contributed by atoms with E-state index in [4.69, 9.17) is 0 Å². The average molecular weight is 355 g/mol. The van der Waals surface area contributed by atoms with Gasteiger partial charge < -0.3 is 10.2 Å². The Morgan fingerprint density at radius 3 is 2.81 bits per heavy atom. The van der Waals surface area contributed by atoms with Gasteiger partial charge in [0, 0.05) is 43.5 Å². The predicted octanol–water partition coefficient (Wildman–Crippen LogP) is 1.07. The molecule has 1 aromatic carbocycles. The smallest absolute Gasteiger partial charge is 0.311 e. The molecule has 1 aromatic heterocycles. The van der Waals surface area contributed by atoms with Crippen LogP contribution in [0.5, 0.6) is 0 Å². The van der Waals surface area contributed by atoms with Crippen molar-refractivity contribution in [3.8, 4) is 0 Å². The molecule has 2 heterocycles. The monoisotopic (exact) mass is 355 g/mol. The zero-order chi connectivity index (χ0) is 18.5. The van der Waals surface area contributed by atoms with E-state index in [1.54, 1.807) is 11.1 Å². The topological polar surface area (TPSA) is 81.3 Å². The van der Waals surface area contributed by atoms with Gasteiger partial charge in [0.1, 0.15) is 0 Å². The van der Waals surface area contributed by atoms with Gasteiger partial charge in [-0.15, -0.1) is 0 Å². The van der Waals surface area contributed by atoms with Gasteiger partial charge in [-0.05, 0) is 26.0 Å². The fourth-order valence-corrected chi connectivity index (χ4v) is 3.24. The molecule has 26 heavy (non-hydrogen) atoms. The molecular weight excluding hydrogens is 330 g/mol. The molecular formula is C19H25N5O2. The van der Waals surface area contributed by atoms with Crippen LogP contribution in [-0.2, 0) is 22.7 Å². The molecule has 0 radical (unpaired) electrons. The molecule has 3 rings (SSSR count). The van der Waals surface area contributed by atoms with E-state index in [0.717, 1.165) is 24.2 Å². The Balaban J connectivity index is 1.48. The van der Waals surface area contributed by atoms with E-state index in [1.807, 2.05) is 25.1 Å². The summed E-state index contributed by atoms with van der Waals surface area (Å²) in [6, 6.07) is 10.5. The third kappa shape index (κ3) is 4.29. The third-order valence-electron chi connectivity index (χ3n) is 4.92. The van der Waals surface area contributed by atoms with Crippen molar-refractivity contribution in [2.75, 3.05) is 20.1 Å². The number of aromatic amines is 1. The largest absolute Gasteiger partial charge is 0.344 e. The summed E-state index contributed by atoms with van der Waals surface area (Å²) in [7, 11) is 2.06. The van der Waals surface area contributed by atoms with Crippen molar-refractivity contribution >= 4 is 11.8 Å². The second-order valence-electron chi connectivity index (χ2n) is 6.80. The standard InChI is InChI=1S/C19H25N5O2/c1-14-16(11-21-22-14)10-20-18(25)19(26)24-9-8-17(13-24)23(2)12-15-6-4-3-5-7-15/h3-7,11,17H,8-10,12-13H2,1-2H3,(H,20,25)(H,21,22). The second-order valence-corrected chi connectivity index (χ2v) is 6.80. The van der Waals surface area contributed by atoms with Crippen LogP contribution in [0.15, 0.2) is 36.5 Å². The summed E-state index contributed by atoms with van der Waals surface area (Å²) < 4.78 is 0. The summed E-state index contributed by atoms with van der Waals surface area (Å²) in [6.07, 6.45) is 2.54. The molecule has 1 saturated heterocycles. The van der Waals surface area contributed by atoms with Gasteiger partial charge in [0.15, 0.2) is 0 Å². The highest BCUT2D eigenvalue weighted by molar-refractivity contribution is 6.35. The van der Waals surface area contributed by atoms with Crippen molar-refractivity contribution in [1.29, 1.82) is 0 Å². The number of H-pyrrole nitrogens is 1. The van der Waals surface area contributed by atoms with E-state index in [0.29, 0.717) is 19.6 Å². The van der Waals surface area contributed by atoms with Crippen LogP contribution in [0, 0.1) is 6.92 Å². The molecule has 0 saturated carbocycles. The quantitative estimate of drug-likeness (QED) is 0.786. The number of benzene rings is 1. The van der Waals surface area contributed by atoms with Crippen LogP contribution in [-0.4, -0.2) is 58.0 Å². The van der Waals surface area contributed by atoms with E-state index >= 15 is 0 Å². The lowest BCUT2D eigenvalue weighted by molar-refractivity contribution is -0.145. The number of aromatic nitrogens is 2. The maximum atomic E-state index is 12.4. The number of nitrogens with one attached hydrogen (secondary N) is 2. The van der Waals surface area contributed by atoms with Crippen molar-refractivity contribution < 1.29 is 9.59 Å². The maximum Gasteiger partial charge on any atom is 0.311 e. The van der Waals surface area contributed by atoms with Crippen LogP contribution in [0.4, 0.5) is 0 Å². The number of hydrogen-bond donors (Lipinski definition) is 2. The molecule has 0 bridgehead atoms. The highest BCUT2D eigenvalue weighted by Crippen LogP contribution is 2.17. The Hall–Kier alpha value is -2.67. The molecule has 2 aromatic rings. The zero-order valence-corrected chi connectivity index (χ0v) is 15.2. The molecule has 0 spiro atoms. The van der Waals surface area contributed by atoms with E-state index in [9.17, 15) is 9.59 Å². The Morgan fingerprint density at radius 2 is 2.12 bits per heavy atom. The van der Waals surface area contributed by atoms with Gasteiger partial charge in [-0.2, -0.15) is 5.10 Å². The number of nitrogens with zero attached hydrogens (tertiary/aromatic N) is 3. The fourth-order valence-electron chi connectivity index (χ4n) is 3.24. The number of carbonyl (C=O) groups excluding carboxylic acids is 2. The first-order valence-corrected chi connectivity index (χ1v) is 8.84. The molecule has 0 aliphatic carbocycles. The summed E-state index contributed by atoms with van der Waals surface area (Å²) >= 11 is 0. The molecule has 2 N–H and O–H groups in total. The van der Waals surface area contributed by atoms with Gasteiger partial charge in [0.2, 0.25) is 0 Å². The lowest BCUT2D eigenvalue weighted by Gasteiger charge is -2.24. The van der Waals surface area contributed by atoms with Crippen LogP contribution in [0.25, 0.3) is 0 Å². The minimum atomic E-state index is -0.558. The molecule has 138 valence electrons. The van der Waals surface area contributed by atoms with Gasteiger partial charge in [-0.3, -0.25) is 19.6 Å². The van der Waals surface area contributed by atoms with E-state index < -0.39 is 11.8 Å². The zero-order valence-electron chi connectivity index (χ0n) is 15.2. The van der Waals surface area contributed by atoms with Crippen molar-refractivity contribution in [2.24, 2.45) is 0 Å². The fraction of sp³-hybridized carbons (Fsp3) is 0.421. The normalized spacial score (nSPS) is 16.9. The number of hydrogen-bond acceptors (Lipinski definition) is 4. The molecule has 7 nitrogen and oxygen atoms in total. The van der Waals surface area contributed by atoms with Crippen molar-refractivity contribution in [3.05, 3.63) is 53.3 Å². The van der Waals surface area contributed by atoms with Crippen LogP contribution >= 0.6 is 0 Å². The Kier molecular flexibility index (Phi) is 5.68. The lowest BCUT2D eigenvalue weighted by Crippen LogP contribution is -2.43. The summed E-state index contributed by atoms with van der Waals surface area (Å²) in [5, 5.41) is 9.40. The van der Waals surface area contributed by atoms with Gasteiger partial charge in [-0.25, -0.2) is 0 Å². The molecule has 2 amide bonds. The van der Waals surface area contributed by atoms with Gasteiger partial charge >= 0.3 is 11.8 Å². The number of amides is 2. The van der Waals surface area contributed by atoms with E-state index in [-0.39, 0.29) is 6.04 Å². The van der Waals surface area contributed by atoms with Crippen molar-refractivity contribution in [1.82, 2.24) is 25.3 Å². The first-order valence-electron chi connectivity index (χ1n) is 8.84. The summed E-state index contributed by atoms with van der Waals surface area (Å²) in [5.74, 6) is -1.02. The molecule has 1 unspecified atom stereocenters. The minimum absolute atomic E-state index is 0.267. The van der Waals surface area contributed by atoms with Gasteiger partial charge in [0.05, 0.1) is 6.20 Å². The Morgan fingerprint density at radius 1 is 1.35 bits per heavy atom. The van der Waals surface area contributed by atoms with E-state index in [1.165, 1.54) is 5.56 Å². The molecule has 7 heteroatoms. The van der Waals surface area contributed by atoms with Crippen molar-refractivity contribution in [3.63, 3.8) is 0 Å². The summed E-state index contributed by atoms with van der Waals surface area (Å²) in [6.45, 7) is 4.21. The molecule has 1 fully saturated rings. The van der Waals surface area contributed by atoms with Gasteiger partial charge in [-0.1, -0.05) is 30.3 Å². The van der Waals surface area contributed by atoms with E-state index in [2.05, 4.69) is 39.6 Å². The highest BCUT2D eigenvalue weighted by atomic mass is 16.2. The summed E-state index contributed by atoms with van der Waals surface area (Å²) in [5.41, 5.74) is 3.02. The number of carbonyl (C=O) groups is 2. The summed E-state index contributed by atoms with van der Waals surface area (Å²) in [4.78, 5) is 28.4. The van der Waals surface area contributed by atoms with Gasteiger partial charge in [0.25, 0.3) is 0 Å². The highest BCUT2D eigenvalue weighted by Gasteiger charge is 2.31. The van der Waals surface area contributed by atoms with Crippen LogP contribution in [0.1, 0.15) is 23.2 Å². The van der Waals surface area contributed by atoms with Crippen LogP contribution in [0.2, 0.25) is 0 Å². The number of likely N-dealkylation sites (tertiary alicyclic amines) is 1. The number of likely N-dealkylation sites (N-methyl/N-ethyl adjacent to an activating group) is 1. The second kappa shape index (κ2) is 8.14. The molecule has 1 atom stereocenters. The average Bonchev–Trinajstić information content (AvgIpc) is 3.29. The lowest BCUT2D eigenvalue weighted by atomic mass is 10.1. The predicted molar refractivity (Wildman–Crippen MR) is 98.1 cm³/mol. The number of rotatable bonds is 5. The maximum absolute atomic E-state index is 12.4.